The van der Waals surface area contributed by atoms with Gasteiger partial charge in [-0.25, -0.2) is 0 Å². The summed E-state index contributed by atoms with van der Waals surface area (Å²) in [4.78, 5) is 4.52. The van der Waals surface area contributed by atoms with Crippen molar-refractivity contribution >= 4 is 0 Å². The molecule has 1 N–H and O–H groups in total. The van der Waals surface area contributed by atoms with Crippen molar-refractivity contribution in [3.05, 3.63) is 0 Å². The molecule has 0 aromatic rings. The van der Waals surface area contributed by atoms with Gasteiger partial charge in [0, 0.05) is 19.5 Å². The summed E-state index contributed by atoms with van der Waals surface area (Å²) in [7, 11) is 0. The first-order valence-corrected chi connectivity index (χ1v) is 4.97. The normalized spacial score (nSPS) is 43.9. The number of piperazine rings is 1. The van der Waals surface area contributed by atoms with Gasteiger partial charge in [0.2, 0.25) is 0 Å². The second-order valence-electron chi connectivity index (χ2n) is 3.92. The number of nitrogens with one attached hydrogen (secondary N) is 1. The largest absolute Gasteiger partial charge is 0.330 e. The number of hydrogen-bond acceptors (Lipinski definition) is 1. The number of quaternary nitrogens is 1. The molecule has 0 aromatic heterocycles. The van der Waals surface area contributed by atoms with Gasteiger partial charge in [-0.3, -0.25) is 4.90 Å². The molecule has 0 aromatic carbocycles. The molecule has 0 aliphatic carbocycles. The molecule has 3 saturated heterocycles. The predicted octanol–water partition coefficient (Wildman–Crippen LogP) is -0.631. The van der Waals surface area contributed by atoms with Crippen LogP contribution in [0.3, 0.4) is 0 Å². The van der Waals surface area contributed by atoms with Crippen LogP contribution in [0.2, 0.25) is 0 Å². The highest BCUT2D eigenvalue weighted by Crippen LogP contribution is 2.02. The van der Waals surface area contributed by atoms with Gasteiger partial charge < -0.3 is 4.90 Å². The number of hydrogen-bond donors (Lipinski definition) is 1. The Bertz CT molecular complexity index is 132. The molecule has 0 amide bonds. The molecule has 3 atom stereocenters. The van der Waals surface area contributed by atoms with Crippen LogP contribution in [0, 0.1) is 0 Å². The molecule has 2 heteroatoms. The lowest BCUT2D eigenvalue weighted by Crippen LogP contribution is -3.17. The summed E-state index contributed by atoms with van der Waals surface area (Å²) < 4.78 is 0. The Morgan fingerprint density at radius 3 is 3.09 bits per heavy atom. The zero-order valence-corrected chi connectivity index (χ0v) is 7.47. The molecule has 3 aliphatic rings. The molecular weight excluding hydrogens is 136 g/mol. The molecule has 2 nitrogen and oxygen atoms in total. The maximum atomic E-state index is 2.64. The molecule has 0 radical (unpaired) electrons. The maximum absolute atomic E-state index is 2.64. The molecule has 11 heavy (non-hydrogen) atoms. The van der Waals surface area contributed by atoms with Crippen LogP contribution in [-0.4, -0.2) is 43.7 Å². The van der Waals surface area contributed by atoms with E-state index >= 15 is 0 Å². The van der Waals surface area contributed by atoms with Crippen molar-refractivity contribution < 1.29 is 4.90 Å². The summed E-state index contributed by atoms with van der Waals surface area (Å²) in [5.41, 5.74) is 0. The standard InChI is InChI=1S/C9H18N2/c1-2-9-8-10-4-3-5-11(9)7-6-10/h9H,2-8H2,1H3/p+1. The van der Waals surface area contributed by atoms with Crippen LogP contribution in [0.25, 0.3) is 0 Å². The van der Waals surface area contributed by atoms with E-state index in [1.54, 1.807) is 0 Å². The average molecular weight is 155 g/mol. The topological polar surface area (TPSA) is 7.68 Å². The van der Waals surface area contributed by atoms with Gasteiger partial charge >= 0.3 is 0 Å². The van der Waals surface area contributed by atoms with E-state index in [-0.39, 0.29) is 0 Å². The number of nitrogens with zero attached hydrogens (tertiary/aromatic N) is 1. The zero-order valence-electron chi connectivity index (χ0n) is 7.47. The predicted molar refractivity (Wildman–Crippen MR) is 45.8 cm³/mol. The van der Waals surface area contributed by atoms with E-state index in [9.17, 15) is 0 Å². The third-order valence-corrected chi connectivity index (χ3v) is 3.27. The Hall–Kier alpha value is -0.0800. The van der Waals surface area contributed by atoms with Gasteiger partial charge in [-0.05, 0) is 6.42 Å². The molecule has 3 aliphatic heterocycles. The minimum Gasteiger partial charge on any atom is -0.330 e. The fraction of sp³-hybridized carbons (Fsp3) is 1.00. The van der Waals surface area contributed by atoms with Crippen LogP contribution >= 0.6 is 0 Å². The number of rotatable bonds is 1. The van der Waals surface area contributed by atoms with E-state index in [1.165, 1.54) is 45.6 Å². The van der Waals surface area contributed by atoms with Gasteiger partial charge in [0.05, 0.1) is 19.6 Å². The van der Waals surface area contributed by atoms with Crippen LogP contribution in [0.15, 0.2) is 0 Å². The Labute approximate surface area is 69.2 Å². The molecular formula is C9H19N2+. The highest BCUT2D eigenvalue weighted by molar-refractivity contribution is 4.71. The van der Waals surface area contributed by atoms with Gasteiger partial charge in [0.1, 0.15) is 6.04 Å². The summed E-state index contributed by atoms with van der Waals surface area (Å²) in [5, 5.41) is 0. The van der Waals surface area contributed by atoms with Gasteiger partial charge in [-0.2, -0.15) is 0 Å². The molecule has 0 spiro atoms. The summed E-state index contributed by atoms with van der Waals surface area (Å²) in [6.45, 7) is 9.24. The molecule has 3 unspecified atom stereocenters. The smallest absolute Gasteiger partial charge is 0.100 e. The first kappa shape index (κ1) is 7.56. The highest BCUT2D eigenvalue weighted by atomic mass is 15.3. The van der Waals surface area contributed by atoms with E-state index < -0.39 is 0 Å². The van der Waals surface area contributed by atoms with Crippen molar-refractivity contribution in [1.29, 1.82) is 0 Å². The maximum Gasteiger partial charge on any atom is 0.100 e. The van der Waals surface area contributed by atoms with Crippen molar-refractivity contribution in [2.45, 2.75) is 25.8 Å². The summed E-state index contributed by atoms with van der Waals surface area (Å²) >= 11 is 0. The molecule has 0 saturated carbocycles. The lowest BCUT2D eigenvalue weighted by molar-refractivity contribution is -0.927. The van der Waals surface area contributed by atoms with Crippen molar-refractivity contribution in [1.82, 2.24) is 4.90 Å². The molecule has 64 valence electrons. The fourth-order valence-corrected chi connectivity index (χ4v) is 2.52. The van der Waals surface area contributed by atoms with E-state index in [2.05, 4.69) is 11.8 Å². The third kappa shape index (κ3) is 1.42. The first-order chi connectivity index (χ1) is 5.40. The van der Waals surface area contributed by atoms with Crippen LogP contribution in [-0.2, 0) is 0 Å². The Balaban J connectivity index is 2.04. The van der Waals surface area contributed by atoms with E-state index in [0.717, 1.165) is 6.04 Å². The lowest BCUT2D eigenvalue weighted by atomic mass is 10.1. The Morgan fingerprint density at radius 2 is 2.27 bits per heavy atom. The second-order valence-corrected chi connectivity index (χ2v) is 3.92. The SMILES string of the molecule is CCC1CN2CCC[NH+]1CC2. The molecule has 2 bridgehead atoms. The van der Waals surface area contributed by atoms with E-state index in [4.69, 9.17) is 0 Å². The van der Waals surface area contributed by atoms with Crippen LogP contribution in [0.1, 0.15) is 19.8 Å². The van der Waals surface area contributed by atoms with E-state index in [0.29, 0.717) is 0 Å². The number of fused-ring (bicyclic) bond motifs is 4. The summed E-state index contributed by atoms with van der Waals surface area (Å²) in [6, 6.07) is 0.950. The first-order valence-electron chi connectivity index (χ1n) is 4.97. The monoisotopic (exact) mass is 155 g/mol. The van der Waals surface area contributed by atoms with E-state index in [1.807, 2.05) is 4.90 Å². The minimum absolute atomic E-state index is 0.950. The summed E-state index contributed by atoms with van der Waals surface area (Å²) in [6.07, 6.45) is 2.79. The average Bonchev–Trinajstić information content (AvgIpc) is 2.37. The van der Waals surface area contributed by atoms with Crippen molar-refractivity contribution in [3.63, 3.8) is 0 Å². The van der Waals surface area contributed by atoms with Crippen LogP contribution < -0.4 is 4.90 Å². The lowest BCUT2D eigenvalue weighted by Gasteiger charge is -2.33. The zero-order chi connectivity index (χ0) is 7.68. The highest BCUT2D eigenvalue weighted by Gasteiger charge is 2.31. The van der Waals surface area contributed by atoms with Crippen LogP contribution in [0.4, 0.5) is 0 Å². The van der Waals surface area contributed by atoms with Crippen molar-refractivity contribution in [3.8, 4) is 0 Å². The summed E-state index contributed by atoms with van der Waals surface area (Å²) in [5.74, 6) is 0. The van der Waals surface area contributed by atoms with Crippen molar-refractivity contribution in [2.24, 2.45) is 0 Å². The Morgan fingerprint density at radius 1 is 1.36 bits per heavy atom. The Kier molecular flexibility index (Phi) is 2.14. The molecule has 3 fully saturated rings. The van der Waals surface area contributed by atoms with Crippen molar-refractivity contribution in [2.75, 3.05) is 32.7 Å². The molecule has 3 heterocycles. The van der Waals surface area contributed by atoms with Crippen LogP contribution in [0.5, 0.6) is 0 Å². The van der Waals surface area contributed by atoms with Gasteiger partial charge in [0.25, 0.3) is 0 Å². The third-order valence-electron chi connectivity index (χ3n) is 3.27. The quantitative estimate of drug-likeness (QED) is 0.530. The van der Waals surface area contributed by atoms with Gasteiger partial charge in [-0.15, -0.1) is 0 Å². The van der Waals surface area contributed by atoms with Gasteiger partial charge in [0.15, 0.2) is 0 Å². The molecule has 3 rings (SSSR count). The second kappa shape index (κ2) is 3.11. The minimum atomic E-state index is 0.950. The fourth-order valence-electron chi connectivity index (χ4n) is 2.52. The van der Waals surface area contributed by atoms with Gasteiger partial charge in [-0.1, -0.05) is 6.92 Å².